The molecule has 0 aromatic heterocycles. The second kappa shape index (κ2) is 9.37. The number of rotatable bonds is 7. The Bertz CT molecular complexity index is 941. The van der Waals surface area contributed by atoms with Gasteiger partial charge in [-0.05, 0) is 49.2 Å². The largest absolute Gasteiger partial charge is 0.484 e. The Morgan fingerprint density at radius 3 is 2.48 bits per heavy atom. The van der Waals surface area contributed by atoms with E-state index in [1.807, 2.05) is 0 Å². The lowest BCUT2D eigenvalue weighted by atomic mass is 9.96. The summed E-state index contributed by atoms with van der Waals surface area (Å²) in [5.74, 6) is -0.616. The zero-order chi connectivity index (χ0) is 20.9. The van der Waals surface area contributed by atoms with Crippen LogP contribution in [-0.4, -0.2) is 38.3 Å². The van der Waals surface area contributed by atoms with Crippen LogP contribution in [0, 0.1) is 5.82 Å². The molecular weight excluding hydrogens is 395 g/mol. The van der Waals surface area contributed by atoms with Gasteiger partial charge in [0.05, 0.1) is 4.90 Å². The number of halogens is 1. The van der Waals surface area contributed by atoms with Crippen LogP contribution in [0.1, 0.15) is 32.1 Å². The first kappa shape index (κ1) is 21.3. The van der Waals surface area contributed by atoms with Crippen LogP contribution in [0.5, 0.6) is 5.75 Å². The first-order valence-electron chi connectivity index (χ1n) is 9.62. The number of carbonyl (C=O) groups is 1. The lowest BCUT2D eigenvalue weighted by molar-refractivity contribution is -0.118. The lowest BCUT2D eigenvalue weighted by Gasteiger charge is -2.30. The quantitative estimate of drug-likeness (QED) is 0.739. The molecule has 0 aliphatic heterocycles. The highest BCUT2D eigenvalue weighted by Crippen LogP contribution is 2.27. The van der Waals surface area contributed by atoms with Crippen molar-refractivity contribution in [3.8, 4) is 5.75 Å². The van der Waals surface area contributed by atoms with Crippen molar-refractivity contribution in [2.24, 2.45) is 0 Å². The van der Waals surface area contributed by atoms with E-state index in [0.29, 0.717) is 5.69 Å². The number of hydrogen-bond donors (Lipinski definition) is 1. The number of carbonyl (C=O) groups excluding carboxylic acids is 1. The van der Waals surface area contributed by atoms with Gasteiger partial charge in [0.1, 0.15) is 11.6 Å². The number of ether oxygens (including phenoxy) is 1. The summed E-state index contributed by atoms with van der Waals surface area (Å²) in [4.78, 5) is 12.2. The number of anilines is 1. The first-order valence-corrected chi connectivity index (χ1v) is 11.1. The fourth-order valence-electron chi connectivity index (χ4n) is 3.42. The summed E-state index contributed by atoms with van der Waals surface area (Å²) in [6.45, 7) is -0.284. The smallest absolute Gasteiger partial charge is 0.262 e. The van der Waals surface area contributed by atoms with E-state index < -0.39 is 21.7 Å². The molecule has 8 heteroatoms. The molecule has 0 spiro atoms. The van der Waals surface area contributed by atoms with E-state index in [1.165, 1.54) is 34.6 Å². The molecule has 1 saturated carbocycles. The molecule has 1 aliphatic rings. The molecule has 1 N–H and O–H groups in total. The maximum absolute atomic E-state index is 13.1. The molecule has 6 nitrogen and oxygen atoms in total. The third-order valence-electron chi connectivity index (χ3n) is 5.07. The predicted octanol–water partition coefficient (Wildman–Crippen LogP) is 3.80. The second-order valence-electron chi connectivity index (χ2n) is 7.13. The van der Waals surface area contributed by atoms with Gasteiger partial charge in [0.25, 0.3) is 5.91 Å². The van der Waals surface area contributed by atoms with Gasteiger partial charge in [-0.1, -0.05) is 25.3 Å². The number of benzene rings is 2. The van der Waals surface area contributed by atoms with Crippen molar-refractivity contribution in [1.29, 1.82) is 0 Å². The van der Waals surface area contributed by atoms with Gasteiger partial charge >= 0.3 is 0 Å². The Labute approximate surface area is 170 Å². The monoisotopic (exact) mass is 420 g/mol. The molecule has 0 atom stereocenters. The Hall–Kier alpha value is -2.45. The summed E-state index contributed by atoms with van der Waals surface area (Å²) in [6.07, 6.45) is 5.02. The van der Waals surface area contributed by atoms with Gasteiger partial charge in [-0.15, -0.1) is 0 Å². The van der Waals surface area contributed by atoms with Gasteiger partial charge in [-0.25, -0.2) is 12.8 Å². The minimum absolute atomic E-state index is 0.0353. The number of nitrogens with one attached hydrogen (secondary N) is 1. The van der Waals surface area contributed by atoms with E-state index in [9.17, 15) is 17.6 Å². The van der Waals surface area contributed by atoms with Crippen LogP contribution < -0.4 is 10.1 Å². The Kier molecular flexibility index (Phi) is 6.87. The van der Waals surface area contributed by atoms with Crippen LogP contribution in [-0.2, 0) is 14.8 Å². The summed E-state index contributed by atoms with van der Waals surface area (Å²) in [7, 11) is -1.94. The van der Waals surface area contributed by atoms with Gasteiger partial charge in [0.15, 0.2) is 6.61 Å². The van der Waals surface area contributed by atoms with Crippen LogP contribution in [0.25, 0.3) is 0 Å². The van der Waals surface area contributed by atoms with Crippen molar-refractivity contribution in [2.75, 3.05) is 19.0 Å². The molecule has 1 amide bonds. The molecule has 0 radical (unpaired) electrons. The average molecular weight is 421 g/mol. The maximum atomic E-state index is 13.1. The van der Waals surface area contributed by atoms with Crippen molar-refractivity contribution in [1.82, 2.24) is 4.31 Å². The van der Waals surface area contributed by atoms with Gasteiger partial charge < -0.3 is 10.1 Å². The van der Waals surface area contributed by atoms with Crippen molar-refractivity contribution in [2.45, 2.75) is 43.0 Å². The molecule has 1 fully saturated rings. The van der Waals surface area contributed by atoms with E-state index in [4.69, 9.17) is 4.74 Å². The van der Waals surface area contributed by atoms with Crippen molar-refractivity contribution >= 4 is 21.6 Å². The maximum Gasteiger partial charge on any atom is 0.262 e. The highest BCUT2D eigenvalue weighted by molar-refractivity contribution is 7.89. The van der Waals surface area contributed by atoms with Gasteiger partial charge in [0, 0.05) is 24.8 Å². The van der Waals surface area contributed by atoms with Crippen LogP contribution in [0.2, 0.25) is 0 Å². The summed E-state index contributed by atoms with van der Waals surface area (Å²) >= 11 is 0. The van der Waals surface area contributed by atoms with E-state index in [-0.39, 0.29) is 23.3 Å². The molecule has 156 valence electrons. The highest BCUT2D eigenvalue weighted by atomic mass is 32.2. The van der Waals surface area contributed by atoms with E-state index in [1.54, 1.807) is 25.2 Å². The van der Waals surface area contributed by atoms with Gasteiger partial charge in [-0.3, -0.25) is 4.79 Å². The molecule has 2 aromatic carbocycles. The average Bonchev–Trinajstić information content (AvgIpc) is 2.73. The predicted molar refractivity (Wildman–Crippen MR) is 109 cm³/mol. The zero-order valence-corrected chi connectivity index (χ0v) is 17.1. The minimum atomic E-state index is -3.57. The van der Waals surface area contributed by atoms with Crippen LogP contribution in [0.15, 0.2) is 53.4 Å². The van der Waals surface area contributed by atoms with Crippen molar-refractivity contribution < 1.29 is 22.3 Å². The topological polar surface area (TPSA) is 75.7 Å². The number of sulfonamides is 1. The van der Waals surface area contributed by atoms with Crippen LogP contribution in [0.4, 0.5) is 10.1 Å². The standard InChI is InChI=1S/C21H25FN2O4S/c1-24(18-7-3-2-4-8-18)29(26,27)20-12-10-17(11-13-20)23-21(25)15-28-19-9-5-6-16(22)14-19/h5-6,9-14,18H,2-4,7-8,15H2,1H3,(H,23,25). The normalized spacial score (nSPS) is 15.3. The van der Waals surface area contributed by atoms with Crippen LogP contribution in [0.3, 0.4) is 0 Å². The molecule has 0 heterocycles. The Morgan fingerprint density at radius 1 is 1.14 bits per heavy atom. The van der Waals surface area contributed by atoms with E-state index >= 15 is 0 Å². The van der Waals surface area contributed by atoms with Gasteiger partial charge in [-0.2, -0.15) is 4.31 Å². The summed E-state index contributed by atoms with van der Waals surface area (Å²) in [5.41, 5.74) is 0.456. The van der Waals surface area contributed by atoms with Gasteiger partial charge in [0.2, 0.25) is 10.0 Å². The summed E-state index contributed by atoms with van der Waals surface area (Å²) < 4.78 is 45.5. The molecule has 0 bridgehead atoms. The fourth-order valence-corrected chi connectivity index (χ4v) is 4.84. The second-order valence-corrected chi connectivity index (χ2v) is 9.13. The van der Waals surface area contributed by atoms with E-state index in [0.717, 1.165) is 32.1 Å². The third-order valence-corrected chi connectivity index (χ3v) is 6.99. The molecule has 3 rings (SSSR count). The van der Waals surface area contributed by atoms with E-state index in [2.05, 4.69) is 5.32 Å². The third kappa shape index (κ3) is 5.55. The Morgan fingerprint density at radius 2 is 1.83 bits per heavy atom. The minimum Gasteiger partial charge on any atom is -0.484 e. The van der Waals surface area contributed by atoms with Crippen molar-refractivity contribution in [3.05, 3.63) is 54.3 Å². The summed E-state index contributed by atoms with van der Waals surface area (Å²) in [6, 6.07) is 11.6. The number of amides is 1. The molecule has 1 aliphatic carbocycles. The SMILES string of the molecule is CN(C1CCCCC1)S(=O)(=O)c1ccc(NC(=O)COc2cccc(F)c2)cc1. The number of nitrogens with zero attached hydrogens (tertiary/aromatic N) is 1. The first-order chi connectivity index (χ1) is 13.9. The molecular formula is C21H25FN2O4S. The number of hydrogen-bond acceptors (Lipinski definition) is 4. The highest BCUT2D eigenvalue weighted by Gasteiger charge is 2.28. The molecule has 29 heavy (non-hydrogen) atoms. The molecule has 0 unspecified atom stereocenters. The summed E-state index contributed by atoms with van der Waals surface area (Å²) in [5, 5.41) is 2.63. The molecule has 2 aromatic rings. The van der Waals surface area contributed by atoms with Crippen LogP contribution >= 0.6 is 0 Å². The zero-order valence-electron chi connectivity index (χ0n) is 16.3. The van der Waals surface area contributed by atoms with Crippen molar-refractivity contribution in [3.63, 3.8) is 0 Å². The fraction of sp³-hybridized carbons (Fsp3) is 0.381. The Balaban J connectivity index is 1.58. The molecule has 0 saturated heterocycles. The lowest BCUT2D eigenvalue weighted by Crippen LogP contribution is -2.38.